The zero-order valence-corrected chi connectivity index (χ0v) is 17.5. The van der Waals surface area contributed by atoms with E-state index in [1.54, 1.807) is 7.11 Å². The van der Waals surface area contributed by atoms with Gasteiger partial charge >= 0.3 is 0 Å². The second kappa shape index (κ2) is 11.1. The molecule has 1 amide bonds. The van der Waals surface area contributed by atoms with Gasteiger partial charge in [0.05, 0.1) is 13.2 Å². The van der Waals surface area contributed by atoms with E-state index >= 15 is 0 Å². The van der Waals surface area contributed by atoms with Gasteiger partial charge in [-0.15, -0.1) is 12.4 Å². The van der Waals surface area contributed by atoms with E-state index in [0.717, 1.165) is 42.8 Å². The number of para-hydroxylation sites is 1. The summed E-state index contributed by atoms with van der Waals surface area (Å²) < 4.78 is 5.55. The van der Waals surface area contributed by atoms with Crippen LogP contribution in [0.5, 0.6) is 5.75 Å². The van der Waals surface area contributed by atoms with Crippen LogP contribution >= 0.6 is 12.4 Å². The molecule has 3 rings (SSSR count). The third-order valence-electron chi connectivity index (χ3n) is 5.58. The van der Waals surface area contributed by atoms with Gasteiger partial charge in [-0.1, -0.05) is 55.5 Å². The molecule has 0 radical (unpaired) electrons. The average Bonchev–Trinajstić information content (AvgIpc) is 2.73. The number of amides is 1. The Morgan fingerprint density at radius 1 is 1.11 bits per heavy atom. The normalized spacial score (nSPS) is 16.5. The topological polar surface area (TPSA) is 50.4 Å². The minimum atomic E-state index is -0.213. The van der Waals surface area contributed by atoms with Crippen molar-refractivity contribution in [3.05, 3.63) is 65.7 Å². The lowest BCUT2D eigenvalue weighted by Crippen LogP contribution is -2.35. The maximum atomic E-state index is 12.9. The number of carbonyl (C=O) groups excluding carboxylic acids is 1. The lowest BCUT2D eigenvalue weighted by atomic mass is 9.84. The number of hydrogen-bond acceptors (Lipinski definition) is 3. The highest BCUT2D eigenvalue weighted by molar-refractivity contribution is 5.85. The van der Waals surface area contributed by atoms with Crippen LogP contribution < -0.4 is 15.4 Å². The predicted molar refractivity (Wildman–Crippen MR) is 116 cm³/mol. The van der Waals surface area contributed by atoms with Crippen LogP contribution in [-0.2, 0) is 4.79 Å². The molecule has 2 N–H and O–H groups in total. The van der Waals surface area contributed by atoms with E-state index in [4.69, 9.17) is 4.74 Å². The van der Waals surface area contributed by atoms with Gasteiger partial charge in [-0.2, -0.15) is 0 Å². The van der Waals surface area contributed by atoms with Crippen LogP contribution in [0.1, 0.15) is 43.4 Å². The van der Waals surface area contributed by atoms with Gasteiger partial charge in [0.25, 0.3) is 0 Å². The lowest BCUT2D eigenvalue weighted by Gasteiger charge is -2.29. The number of rotatable bonds is 7. The quantitative estimate of drug-likeness (QED) is 0.723. The minimum Gasteiger partial charge on any atom is -0.496 e. The monoisotopic (exact) mass is 402 g/mol. The van der Waals surface area contributed by atoms with Gasteiger partial charge < -0.3 is 15.4 Å². The summed E-state index contributed by atoms with van der Waals surface area (Å²) in [4.78, 5) is 12.9. The van der Waals surface area contributed by atoms with Crippen LogP contribution in [0.3, 0.4) is 0 Å². The van der Waals surface area contributed by atoms with Crippen molar-refractivity contribution in [2.75, 3.05) is 20.2 Å². The van der Waals surface area contributed by atoms with Gasteiger partial charge in [0.15, 0.2) is 0 Å². The number of carbonyl (C=O) groups is 1. The van der Waals surface area contributed by atoms with Crippen molar-refractivity contribution < 1.29 is 9.53 Å². The van der Waals surface area contributed by atoms with Gasteiger partial charge in [-0.25, -0.2) is 0 Å². The third kappa shape index (κ3) is 5.73. The molecule has 0 aliphatic carbocycles. The van der Waals surface area contributed by atoms with Gasteiger partial charge in [0, 0.05) is 12.0 Å². The van der Waals surface area contributed by atoms with Crippen LogP contribution in [0.2, 0.25) is 0 Å². The van der Waals surface area contributed by atoms with Crippen LogP contribution in [0.4, 0.5) is 0 Å². The van der Waals surface area contributed by atoms with E-state index in [1.807, 2.05) is 54.6 Å². The molecule has 2 atom stereocenters. The van der Waals surface area contributed by atoms with Gasteiger partial charge in [0.1, 0.15) is 5.75 Å². The zero-order chi connectivity index (χ0) is 19.1. The number of nitrogens with one attached hydrogen (secondary N) is 2. The van der Waals surface area contributed by atoms with Crippen LogP contribution in [0.15, 0.2) is 54.6 Å². The van der Waals surface area contributed by atoms with E-state index in [1.165, 1.54) is 0 Å². The lowest BCUT2D eigenvalue weighted by molar-refractivity contribution is -0.122. The fourth-order valence-electron chi connectivity index (χ4n) is 3.98. The molecule has 1 aliphatic rings. The number of halogens is 1. The maximum absolute atomic E-state index is 12.9. The van der Waals surface area contributed by atoms with Crippen molar-refractivity contribution in [2.24, 2.45) is 11.8 Å². The summed E-state index contributed by atoms with van der Waals surface area (Å²) in [5, 5.41) is 6.66. The maximum Gasteiger partial charge on any atom is 0.221 e. The Morgan fingerprint density at radius 2 is 1.75 bits per heavy atom. The Balaban J connectivity index is 0.00000280. The molecule has 2 aromatic rings. The molecule has 28 heavy (non-hydrogen) atoms. The van der Waals surface area contributed by atoms with E-state index in [0.29, 0.717) is 18.3 Å². The molecule has 1 aliphatic heterocycles. The number of ether oxygens (including phenoxy) is 1. The Labute approximate surface area is 174 Å². The first kappa shape index (κ1) is 22.3. The largest absolute Gasteiger partial charge is 0.496 e. The molecule has 2 aromatic carbocycles. The van der Waals surface area contributed by atoms with Crippen molar-refractivity contribution in [1.82, 2.24) is 10.6 Å². The summed E-state index contributed by atoms with van der Waals surface area (Å²) in [6, 6.07) is 17.8. The van der Waals surface area contributed by atoms with Crippen LogP contribution in [-0.4, -0.2) is 26.1 Å². The van der Waals surface area contributed by atoms with E-state index in [2.05, 4.69) is 17.6 Å². The first-order valence-electron chi connectivity index (χ1n) is 9.87. The second-order valence-electron chi connectivity index (χ2n) is 7.42. The fraction of sp³-hybridized carbons (Fsp3) is 0.435. The number of piperidine rings is 1. The second-order valence-corrected chi connectivity index (χ2v) is 7.42. The van der Waals surface area contributed by atoms with Crippen molar-refractivity contribution >= 4 is 18.3 Å². The molecule has 0 spiro atoms. The average molecular weight is 403 g/mol. The highest BCUT2D eigenvalue weighted by Crippen LogP contribution is 2.31. The van der Waals surface area contributed by atoms with Gasteiger partial charge in [0.2, 0.25) is 5.91 Å². The Bertz CT molecular complexity index is 732. The molecule has 0 aromatic heterocycles. The first-order valence-corrected chi connectivity index (χ1v) is 9.87. The zero-order valence-electron chi connectivity index (χ0n) is 16.7. The molecule has 0 saturated carbocycles. The molecule has 1 saturated heterocycles. The Morgan fingerprint density at radius 3 is 2.43 bits per heavy atom. The van der Waals surface area contributed by atoms with Crippen molar-refractivity contribution in [2.45, 2.75) is 32.2 Å². The molecular weight excluding hydrogens is 372 g/mol. The van der Waals surface area contributed by atoms with Gasteiger partial charge in [-0.05, 0) is 49.4 Å². The Hall–Kier alpha value is -2.04. The summed E-state index contributed by atoms with van der Waals surface area (Å²) in [6.45, 7) is 4.32. The highest BCUT2D eigenvalue weighted by Gasteiger charge is 2.25. The summed E-state index contributed by atoms with van der Waals surface area (Å²) in [7, 11) is 1.67. The standard InChI is InChI=1S/C23H30N2O2.ClH/c1-17(18-12-14-24-15-13-18)16-22(26)25-23(19-8-4-3-5-9-19)20-10-6-7-11-21(20)27-2;/h3-11,17-18,23-24H,12-16H2,1-2H3,(H,25,26);1H. The SMILES string of the molecule is COc1ccccc1C(NC(=O)CC(C)C1CCNCC1)c1ccccc1.Cl. The molecule has 0 bridgehead atoms. The predicted octanol–water partition coefficient (Wildman–Crippen LogP) is 4.35. The van der Waals surface area contributed by atoms with Gasteiger partial charge in [-0.3, -0.25) is 4.79 Å². The van der Waals surface area contributed by atoms with Crippen LogP contribution in [0, 0.1) is 11.8 Å². The van der Waals surface area contributed by atoms with Crippen molar-refractivity contribution in [1.29, 1.82) is 0 Å². The number of hydrogen-bond donors (Lipinski definition) is 2. The molecule has 1 fully saturated rings. The Kier molecular flexibility index (Phi) is 8.81. The number of methoxy groups -OCH3 is 1. The molecule has 4 nitrogen and oxygen atoms in total. The fourth-order valence-corrected chi connectivity index (χ4v) is 3.98. The molecule has 1 heterocycles. The molecule has 5 heteroatoms. The summed E-state index contributed by atoms with van der Waals surface area (Å²) in [5.41, 5.74) is 2.04. The van der Waals surface area contributed by atoms with Crippen molar-refractivity contribution in [3.8, 4) is 5.75 Å². The summed E-state index contributed by atoms with van der Waals surface area (Å²) in [6.07, 6.45) is 2.87. The molecule has 152 valence electrons. The van der Waals surface area contributed by atoms with E-state index in [-0.39, 0.29) is 24.4 Å². The minimum absolute atomic E-state index is 0. The summed E-state index contributed by atoms with van der Waals surface area (Å²) >= 11 is 0. The van der Waals surface area contributed by atoms with Crippen molar-refractivity contribution in [3.63, 3.8) is 0 Å². The number of benzene rings is 2. The molecule has 2 unspecified atom stereocenters. The van der Waals surface area contributed by atoms with Crippen LogP contribution in [0.25, 0.3) is 0 Å². The summed E-state index contributed by atoms with van der Waals surface area (Å²) in [5.74, 6) is 1.90. The third-order valence-corrected chi connectivity index (χ3v) is 5.58. The first-order chi connectivity index (χ1) is 13.2. The smallest absolute Gasteiger partial charge is 0.221 e. The van der Waals surface area contributed by atoms with E-state index < -0.39 is 0 Å². The highest BCUT2D eigenvalue weighted by atomic mass is 35.5. The molecular formula is C23H31ClN2O2. The van der Waals surface area contributed by atoms with E-state index in [9.17, 15) is 4.79 Å².